The van der Waals surface area contributed by atoms with Gasteiger partial charge in [0.25, 0.3) is 0 Å². The maximum atomic E-state index is 11.5. The Morgan fingerprint density at radius 1 is 1.53 bits per heavy atom. The van der Waals surface area contributed by atoms with Crippen molar-refractivity contribution >= 4 is 9.59 Å². The molecule has 0 saturated carbocycles. The molecule has 0 aromatic carbocycles. The minimum atomic E-state index is -0.154. The molecule has 0 fully saturated rings. The van der Waals surface area contributed by atoms with Crippen LogP contribution in [0.15, 0.2) is 23.5 Å². The van der Waals surface area contributed by atoms with Gasteiger partial charge in [-0.25, -0.2) is 0 Å². The molecule has 0 aliphatic carbocycles. The molecule has 0 saturated heterocycles. The van der Waals surface area contributed by atoms with Crippen LogP contribution in [0.2, 0.25) is 0 Å². The van der Waals surface area contributed by atoms with Crippen molar-refractivity contribution in [1.82, 2.24) is 9.97 Å². The second-order valence-corrected chi connectivity index (χ2v) is 4.94. The summed E-state index contributed by atoms with van der Waals surface area (Å²) in [6, 6.07) is 0. The summed E-state index contributed by atoms with van der Waals surface area (Å²) in [5, 5.41) is 0. The summed E-state index contributed by atoms with van der Waals surface area (Å²) in [6.45, 7) is 14.1. The van der Waals surface area contributed by atoms with Crippen LogP contribution in [0.4, 0.5) is 0 Å². The molecule has 0 bridgehead atoms. The molecule has 0 unspecified atom stereocenters. The molecule has 86 valence electrons. The van der Waals surface area contributed by atoms with Gasteiger partial charge in [0, 0.05) is 0 Å². The Kier molecular flexibility index (Phi) is 4.48. The third-order valence-electron chi connectivity index (χ3n) is 2.11. The predicted octanol–water partition coefficient (Wildman–Crippen LogP) is 1.55. The zero-order valence-corrected chi connectivity index (χ0v) is 12.5. The maximum absolute atomic E-state index is 11.5. The van der Waals surface area contributed by atoms with E-state index in [1.807, 2.05) is 0 Å². The number of H-pyrrole nitrogens is 1. The number of rotatable bonds is 3. The van der Waals surface area contributed by atoms with Gasteiger partial charge in [-0.2, -0.15) is 0 Å². The molecule has 17 heavy (non-hydrogen) atoms. The Hall–Kier alpha value is -1.59. The van der Waals surface area contributed by atoms with E-state index in [1.165, 1.54) is 0 Å². The van der Waals surface area contributed by atoms with Crippen molar-refractivity contribution in [2.75, 3.05) is 0 Å². The first-order valence-electron chi connectivity index (χ1n) is 4.82. The minimum absolute atomic E-state index is 0.154. The van der Waals surface area contributed by atoms with E-state index in [4.69, 9.17) is 6.57 Å². The Balaban J connectivity index is 3.15. The van der Waals surface area contributed by atoms with Gasteiger partial charge in [0.1, 0.15) is 0 Å². The second-order valence-electron chi connectivity index (χ2n) is 3.43. The third kappa shape index (κ3) is 3.44. The summed E-state index contributed by atoms with van der Waals surface area (Å²) in [7, 11) is 0. The Bertz CT molecular complexity index is 605. The third-order valence-corrected chi connectivity index (χ3v) is 2.93. The van der Waals surface area contributed by atoms with Gasteiger partial charge < -0.3 is 0 Å². The summed E-state index contributed by atoms with van der Waals surface area (Å²) >= 11 is 1.10. The van der Waals surface area contributed by atoms with Crippen molar-refractivity contribution in [3.8, 4) is 0 Å². The van der Waals surface area contributed by atoms with Gasteiger partial charge >= 0.3 is 110 Å². The van der Waals surface area contributed by atoms with Crippen molar-refractivity contribution in [3.63, 3.8) is 0 Å². The first-order valence-corrected chi connectivity index (χ1v) is 6.28. The van der Waals surface area contributed by atoms with E-state index >= 15 is 0 Å². The first kappa shape index (κ1) is 13.5. The van der Waals surface area contributed by atoms with Crippen molar-refractivity contribution in [2.45, 2.75) is 13.8 Å². The van der Waals surface area contributed by atoms with Crippen LogP contribution in [-0.2, 0) is 19.4 Å². The molecule has 0 aliphatic heterocycles. The summed E-state index contributed by atoms with van der Waals surface area (Å²) in [5.41, 5.74) is 1.60. The van der Waals surface area contributed by atoms with E-state index in [9.17, 15) is 4.79 Å². The molecule has 1 aromatic rings. The van der Waals surface area contributed by atoms with E-state index in [1.54, 1.807) is 26.0 Å². The normalized spacial score (nSPS) is 10.2. The monoisotopic (exact) mass is 397 g/mol. The van der Waals surface area contributed by atoms with Crippen molar-refractivity contribution in [2.24, 2.45) is 0 Å². The number of hydrogen-bond donors (Lipinski definition) is 1. The zero-order valence-electron chi connectivity index (χ0n) is 9.57. The molecule has 0 amide bonds. The number of aromatic amines is 1. The number of allylic oxidation sites excluding steroid dienone is 2. The Morgan fingerprint density at radius 2 is 2.18 bits per heavy atom. The average Bonchev–Trinajstić information content (AvgIpc) is 2.30. The van der Waals surface area contributed by atoms with Crippen LogP contribution in [-0.4, -0.2) is 14.0 Å². The average molecular weight is 397 g/mol. The number of aryl methyl sites for hydroxylation is 1. The predicted molar refractivity (Wildman–Crippen MR) is 64.1 cm³/mol. The van der Waals surface area contributed by atoms with Gasteiger partial charge in [-0.15, -0.1) is 0 Å². The molecule has 5 heteroatoms. The fourth-order valence-corrected chi connectivity index (χ4v) is 1.49. The number of nitrogens with one attached hydrogen (secondary N) is 1. The summed E-state index contributed by atoms with van der Waals surface area (Å²) in [4.78, 5) is 21.7. The first-order chi connectivity index (χ1) is 7.95. The van der Waals surface area contributed by atoms with Crippen molar-refractivity contribution < 1.29 is 19.4 Å². The molecule has 1 rings (SSSR count). The van der Waals surface area contributed by atoms with Gasteiger partial charge in [0.05, 0.1) is 0 Å². The topological polar surface area (TPSA) is 50.1 Å². The molecule has 0 spiro atoms. The fraction of sp³-hybridized carbons (Fsp3) is 0.167. The molecular formula is C12H11N3OW. The molecule has 1 N–H and O–H groups in total. The fourth-order valence-electron chi connectivity index (χ4n) is 1.25. The van der Waals surface area contributed by atoms with E-state index in [2.05, 4.69) is 21.4 Å². The van der Waals surface area contributed by atoms with E-state index in [0.717, 1.165) is 19.4 Å². The summed E-state index contributed by atoms with van der Waals surface area (Å²) < 4.78 is 0.644. The van der Waals surface area contributed by atoms with Gasteiger partial charge in [-0.05, 0) is 0 Å². The van der Waals surface area contributed by atoms with E-state index in [0.29, 0.717) is 26.7 Å². The van der Waals surface area contributed by atoms with E-state index in [-0.39, 0.29) is 5.56 Å². The number of hydrogen-bond acceptors (Lipinski definition) is 2. The van der Waals surface area contributed by atoms with Crippen LogP contribution in [0.25, 0.3) is 10.4 Å². The number of nitrogens with zero attached hydrogens (tertiary/aromatic N) is 2. The van der Waals surface area contributed by atoms with Gasteiger partial charge in [-0.3, -0.25) is 0 Å². The van der Waals surface area contributed by atoms with Crippen LogP contribution >= 0.6 is 0 Å². The van der Waals surface area contributed by atoms with Crippen LogP contribution in [0.3, 0.4) is 0 Å². The molecule has 0 radical (unpaired) electrons. The van der Waals surface area contributed by atoms with Gasteiger partial charge in [0.2, 0.25) is 0 Å². The van der Waals surface area contributed by atoms with Crippen LogP contribution < -0.4 is 5.56 Å². The van der Waals surface area contributed by atoms with Gasteiger partial charge in [-0.1, -0.05) is 0 Å². The second kappa shape index (κ2) is 5.65. The quantitative estimate of drug-likeness (QED) is 0.622. The molecular weight excluding hydrogens is 386 g/mol. The van der Waals surface area contributed by atoms with Crippen molar-refractivity contribution in [1.29, 1.82) is 0 Å². The van der Waals surface area contributed by atoms with Crippen molar-refractivity contribution in [3.05, 3.63) is 57.6 Å². The SMILES string of the molecule is [C-]#[N+][C](=[W])C=CC(=C)c1nc(C)[nH]c(=O)c1C. The standard InChI is InChI=1S/C12H11N3O.W/c1-8(6-5-7-13-4)11-9(2)12(16)15-10(3)14-11;/h5-6H,1H2,2-3H3,(H,14,15,16);. The summed E-state index contributed by atoms with van der Waals surface area (Å²) in [6.07, 6.45) is 3.41. The Morgan fingerprint density at radius 3 is 2.76 bits per heavy atom. The zero-order chi connectivity index (χ0) is 13.0. The molecule has 1 aromatic heterocycles. The van der Waals surface area contributed by atoms with E-state index < -0.39 is 0 Å². The van der Waals surface area contributed by atoms with Crippen LogP contribution in [0, 0.1) is 20.4 Å². The van der Waals surface area contributed by atoms with Crippen LogP contribution in [0.1, 0.15) is 17.1 Å². The molecule has 1 heterocycles. The summed E-state index contributed by atoms with van der Waals surface area (Å²) in [5.74, 6) is 0.557. The van der Waals surface area contributed by atoms with Crippen LogP contribution in [0.5, 0.6) is 0 Å². The molecule has 0 atom stereocenters. The molecule has 4 nitrogen and oxygen atoms in total. The number of aromatic nitrogens is 2. The van der Waals surface area contributed by atoms with Gasteiger partial charge in [0.15, 0.2) is 0 Å². The molecule has 0 aliphatic rings. The Labute approximate surface area is 110 Å².